The van der Waals surface area contributed by atoms with Crippen LogP contribution >= 0.6 is 22.7 Å². The lowest BCUT2D eigenvalue weighted by Crippen LogP contribution is -2.16. The maximum absolute atomic E-state index is 12.3. The first-order valence-corrected chi connectivity index (χ1v) is 8.91. The minimum Gasteiger partial charge on any atom is -0.305 e. The molecule has 0 saturated carbocycles. The highest BCUT2D eigenvalue weighted by atomic mass is 32.1. The van der Waals surface area contributed by atoms with Crippen molar-refractivity contribution in [1.29, 1.82) is 0 Å². The monoisotopic (exact) mass is 332 g/mol. The van der Waals surface area contributed by atoms with Gasteiger partial charge in [0, 0.05) is 28.9 Å². The molecule has 0 saturated heterocycles. The Morgan fingerprint density at radius 1 is 1.36 bits per heavy atom. The second-order valence-corrected chi connectivity index (χ2v) is 6.44. The Hall–Kier alpha value is -1.99. The van der Waals surface area contributed by atoms with Gasteiger partial charge in [0.2, 0.25) is 0 Å². The summed E-state index contributed by atoms with van der Waals surface area (Å²) in [5.41, 5.74) is 1.50. The van der Waals surface area contributed by atoms with Crippen molar-refractivity contribution in [3.63, 3.8) is 0 Å². The Bertz CT molecular complexity index is 745. The van der Waals surface area contributed by atoms with Gasteiger partial charge in [-0.15, -0.1) is 11.3 Å². The topological polar surface area (TPSA) is 59.8 Å². The Balaban J connectivity index is 1.71. The minimum atomic E-state index is -0.198. The number of thiophene rings is 1. The number of unbranched alkanes of at least 4 members (excludes halogenated alkanes) is 1. The minimum absolute atomic E-state index is 0.198. The second-order valence-electron chi connectivity index (χ2n) is 4.80. The van der Waals surface area contributed by atoms with Gasteiger partial charge in [-0.25, -0.2) is 9.67 Å². The van der Waals surface area contributed by atoms with Crippen LogP contribution in [0.15, 0.2) is 34.5 Å². The average Bonchev–Trinajstić information content (AvgIpc) is 3.25. The Kier molecular flexibility index (Phi) is 4.65. The lowest BCUT2D eigenvalue weighted by atomic mass is 10.3. The molecule has 3 aromatic heterocycles. The molecule has 3 aromatic rings. The van der Waals surface area contributed by atoms with E-state index in [9.17, 15) is 4.79 Å². The summed E-state index contributed by atoms with van der Waals surface area (Å²) in [6.07, 6.45) is 3.82. The molecule has 0 bridgehead atoms. The van der Waals surface area contributed by atoms with E-state index < -0.39 is 0 Å². The van der Waals surface area contributed by atoms with Gasteiger partial charge in [0.05, 0.1) is 6.20 Å². The van der Waals surface area contributed by atoms with Crippen LogP contribution in [-0.4, -0.2) is 20.7 Å². The van der Waals surface area contributed by atoms with E-state index in [2.05, 4.69) is 22.3 Å². The van der Waals surface area contributed by atoms with Crippen molar-refractivity contribution < 1.29 is 4.79 Å². The largest absolute Gasteiger partial charge is 0.305 e. The predicted octanol–water partition coefficient (Wildman–Crippen LogP) is 4.12. The van der Waals surface area contributed by atoms with E-state index in [1.54, 1.807) is 29.0 Å². The summed E-state index contributed by atoms with van der Waals surface area (Å²) < 4.78 is 1.81. The molecule has 0 radical (unpaired) electrons. The van der Waals surface area contributed by atoms with E-state index in [-0.39, 0.29) is 5.91 Å². The number of nitrogens with one attached hydrogen (secondary N) is 1. The second kappa shape index (κ2) is 6.85. The molecule has 7 heteroatoms. The van der Waals surface area contributed by atoms with Crippen LogP contribution in [0.2, 0.25) is 0 Å². The lowest BCUT2D eigenvalue weighted by Gasteiger charge is -2.07. The summed E-state index contributed by atoms with van der Waals surface area (Å²) in [7, 11) is 0. The summed E-state index contributed by atoms with van der Waals surface area (Å²) >= 11 is 3.10. The molecular weight excluding hydrogens is 316 g/mol. The van der Waals surface area contributed by atoms with Crippen LogP contribution in [-0.2, 0) is 6.54 Å². The normalized spacial score (nSPS) is 10.8. The van der Waals surface area contributed by atoms with Crippen molar-refractivity contribution in [2.45, 2.75) is 26.3 Å². The van der Waals surface area contributed by atoms with Crippen molar-refractivity contribution >= 4 is 34.4 Å². The van der Waals surface area contributed by atoms with E-state index in [0.717, 1.165) is 30.0 Å². The van der Waals surface area contributed by atoms with E-state index in [1.165, 1.54) is 11.3 Å². The number of carbonyl (C=O) groups is 1. The molecule has 114 valence electrons. The quantitative estimate of drug-likeness (QED) is 0.738. The number of hydrogen-bond donors (Lipinski definition) is 1. The fraction of sp³-hybridized carbons (Fsp3) is 0.267. The smallest absolute Gasteiger partial charge is 0.276 e. The van der Waals surface area contributed by atoms with Gasteiger partial charge in [0.1, 0.15) is 16.5 Å². The maximum atomic E-state index is 12.3. The number of aryl methyl sites for hydroxylation is 1. The SMILES string of the molecule is CCCCn1nccc1NC(=O)c1csc(-c2ccsc2)n1. The van der Waals surface area contributed by atoms with E-state index in [0.29, 0.717) is 11.5 Å². The van der Waals surface area contributed by atoms with Gasteiger partial charge >= 0.3 is 0 Å². The summed E-state index contributed by atoms with van der Waals surface area (Å²) in [6, 6.07) is 3.81. The average molecular weight is 332 g/mol. The van der Waals surface area contributed by atoms with Gasteiger partial charge in [-0.3, -0.25) is 4.79 Å². The van der Waals surface area contributed by atoms with Crippen LogP contribution in [0.25, 0.3) is 10.6 Å². The van der Waals surface area contributed by atoms with Crippen molar-refractivity contribution in [3.8, 4) is 10.6 Å². The molecule has 0 aliphatic heterocycles. The number of hydrogen-bond acceptors (Lipinski definition) is 5. The summed E-state index contributed by atoms with van der Waals surface area (Å²) in [5, 5.41) is 13.8. The molecule has 1 amide bonds. The third-order valence-corrected chi connectivity index (χ3v) is 4.76. The third-order valence-electron chi connectivity index (χ3n) is 3.19. The number of thiazole rings is 1. The molecule has 0 aliphatic carbocycles. The standard InChI is InChI=1S/C15H16N4OS2/c1-2-3-7-19-13(4-6-16-19)18-14(20)12-10-22-15(17-12)11-5-8-21-9-11/h4-6,8-10H,2-3,7H2,1H3,(H,18,20). The van der Waals surface area contributed by atoms with Crippen LogP contribution in [0.1, 0.15) is 30.3 Å². The van der Waals surface area contributed by atoms with Gasteiger partial charge in [-0.1, -0.05) is 13.3 Å². The van der Waals surface area contributed by atoms with Gasteiger partial charge in [-0.2, -0.15) is 16.4 Å². The Labute approximate surface area is 136 Å². The molecule has 0 spiro atoms. The van der Waals surface area contributed by atoms with Crippen molar-refractivity contribution in [2.75, 3.05) is 5.32 Å². The zero-order chi connectivity index (χ0) is 15.4. The molecule has 3 heterocycles. The molecule has 5 nitrogen and oxygen atoms in total. The first-order valence-electron chi connectivity index (χ1n) is 7.09. The van der Waals surface area contributed by atoms with Gasteiger partial charge < -0.3 is 5.32 Å². The molecule has 0 unspecified atom stereocenters. The number of carbonyl (C=O) groups excluding carboxylic acids is 1. The summed E-state index contributed by atoms with van der Waals surface area (Å²) in [4.78, 5) is 16.7. The summed E-state index contributed by atoms with van der Waals surface area (Å²) in [6.45, 7) is 2.93. The van der Waals surface area contributed by atoms with E-state index >= 15 is 0 Å². The Morgan fingerprint density at radius 3 is 3.05 bits per heavy atom. The predicted molar refractivity (Wildman–Crippen MR) is 90.5 cm³/mol. The molecule has 0 fully saturated rings. The highest BCUT2D eigenvalue weighted by Gasteiger charge is 2.14. The molecule has 0 aliphatic rings. The van der Waals surface area contributed by atoms with Gasteiger partial charge in [0.25, 0.3) is 5.91 Å². The van der Waals surface area contributed by atoms with Gasteiger partial charge in [0.15, 0.2) is 0 Å². The first-order chi connectivity index (χ1) is 10.8. The molecule has 0 aromatic carbocycles. The number of anilines is 1. The molecule has 3 rings (SSSR count). The lowest BCUT2D eigenvalue weighted by molar-refractivity contribution is 0.102. The van der Waals surface area contributed by atoms with E-state index in [1.807, 2.05) is 21.5 Å². The van der Waals surface area contributed by atoms with Crippen LogP contribution in [0.3, 0.4) is 0 Å². The van der Waals surface area contributed by atoms with Crippen LogP contribution in [0, 0.1) is 0 Å². The fourth-order valence-electron chi connectivity index (χ4n) is 2.00. The summed E-state index contributed by atoms with van der Waals surface area (Å²) in [5.74, 6) is 0.513. The van der Waals surface area contributed by atoms with E-state index in [4.69, 9.17) is 0 Å². The molecular formula is C15H16N4OS2. The van der Waals surface area contributed by atoms with Crippen molar-refractivity contribution in [1.82, 2.24) is 14.8 Å². The van der Waals surface area contributed by atoms with Crippen LogP contribution in [0.4, 0.5) is 5.82 Å². The van der Waals surface area contributed by atoms with Crippen LogP contribution < -0.4 is 5.32 Å². The van der Waals surface area contributed by atoms with Crippen LogP contribution in [0.5, 0.6) is 0 Å². The highest BCUT2D eigenvalue weighted by molar-refractivity contribution is 7.14. The number of nitrogens with zero attached hydrogens (tertiary/aromatic N) is 3. The first kappa shape index (κ1) is 14.9. The highest BCUT2D eigenvalue weighted by Crippen LogP contribution is 2.26. The Morgan fingerprint density at radius 2 is 2.27 bits per heavy atom. The van der Waals surface area contributed by atoms with Crippen molar-refractivity contribution in [2.24, 2.45) is 0 Å². The maximum Gasteiger partial charge on any atom is 0.276 e. The fourth-order valence-corrected chi connectivity index (χ4v) is 3.51. The molecule has 1 N–H and O–H groups in total. The number of rotatable bonds is 6. The number of aromatic nitrogens is 3. The molecule has 22 heavy (non-hydrogen) atoms. The molecule has 0 atom stereocenters. The van der Waals surface area contributed by atoms with Gasteiger partial charge in [-0.05, 0) is 17.9 Å². The number of amides is 1. The zero-order valence-electron chi connectivity index (χ0n) is 12.2. The zero-order valence-corrected chi connectivity index (χ0v) is 13.8. The van der Waals surface area contributed by atoms with Crippen molar-refractivity contribution in [3.05, 3.63) is 40.2 Å². The third kappa shape index (κ3) is 3.26.